The average Bonchev–Trinajstić information content (AvgIpc) is 3.36. The van der Waals surface area contributed by atoms with Crippen molar-refractivity contribution in [1.82, 2.24) is 29.1 Å². The summed E-state index contributed by atoms with van der Waals surface area (Å²) in [7, 11) is -4.10. The number of sulfone groups is 1. The summed E-state index contributed by atoms with van der Waals surface area (Å²) in [4.78, 5) is 10.6. The van der Waals surface area contributed by atoms with Crippen molar-refractivity contribution in [2.45, 2.75) is 31.1 Å². The second-order valence-electron chi connectivity index (χ2n) is 7.20. The van der Waals surface area contributed by atoms with E-state index in [9.17, 15) is 34.8 Å². The highest BCUT2D eigenvalue weighted by atomic mass is 32.2. The van der Waals surface area contributed by atoms with E-state index in [-0.39, 0.29) is 22.6 Å². The van der Waals surface area contributed by atoms with Gasteiger partial charge in [0.25, 0.3) is 0 Å². The minimum atomic E-state index is -4.83. The van der Waals surface area contributed by atoms with Crippen LogP contribution in [-0.4, -0.2) is 43.3 Å². The Bertz CT molecular complexity index is 1500. The van der Waals surface area contributed by atoms with Gasteiger partial charge in [-0.25, -0.2) is 28.1 Å². The molecule has 15 heteroatoms. The van der Waals surface area contributed by atoms with E-state index >= 15 is 0 Å². The first-order valence-corrected chi connectivity index (χ1v) is 11.2. The molecule has 0 N–H and O–H groups in total. The Hall–Kier alpha value is -3.49. The van der Waals surface area contributed by atoms with Gasteiger partial charge in [0.1, 0.15) is 10.6 Å². The van der Waals surface area contributed by atoms with Crippen molar-refractivity contribution >= 4 is 15.6 Å². The molecule has 4 heterocycles. The minimum Gasteiger partial charge on any atom is -0.290 e. The molecule has 0 aliphatic rings. The molecule has 0 saturated carbocycles. The summed E-state index contributed by atoms with van der Waals surface area (Å²) in [6.07, 6.45) is -5.35. The number of alkyl halides is 6. The molecule has 180 valence electrons. The second-order valence-corrected chi connectivity index (χ2v) is 9.45. The SMILES string of the molecule is CCS(=O)(=O)c1cc(-c2cnc3nc(C(F)(F)F)cn3c2)cnc1-n1nc(C)cc1C(F)(F)F. The third-order valence-electron chi connectivity index (χ3n) is 4.80. The molecule has 0 spiro atoms. The summed E-state index contributed by atoms with van der Waals surface area (Å²) in [6.45, 7) is 2.62. The monoisotopic (exact) mass is 504 g/mol. The van der Waals surface area contributed by atoms with Gasteiger partial charge < -0.3 is 0 Å². The Morgan fingerprint density at radius 1 is 0.941 bits per heavy atom. The first-order valence-electron chi connectivity index (χ1n) is 9.50. The fourth-order valence-corrected chi connectivity index (χ4v) is 4.21. The van der Waals surface area contributed by atoms with E-state index in [0.717, 1.165) is 28.9 Å². The van der Waals surface area contributed by atoms with Gasteiger partial charge in [0.2, 0.25) is 5.78 Å². The van der Waals surface area contributed by atoms with Crippen molar-refractivity contribution in [3.63, 3.8) is 0 Å². The second kappa shape index (κ2) is 7.78. The first-order chi connectivity index (χ1) is 15.7. The van der Waals surface area contributed by atoms with Crippen LogP contribution < -0.4 is 0 Å². The summed E-state index contributed by atoms with van der Waals surface area (Å²) in [5.41, 5.74) is -2.12. The molecule has 0 radical (unpaired) electrons. The molecule has 0 fully saturated rings. The van der Waals surface area contributed by atoms with Gasteiger partial charge >= 0.3 is 12.4 Å². The van der Waals surface area contributed by atoms with Crippen LogP contribution in [0.1, 0.15) is 24.0 Å². The van der Waals surface area contributed by atoms with E-state index in [1.807, 2.05) is 0 Å². The Balaban J connectivity index is 1.91. The van der Waals surface area contributed by atoms with Gasteiger partial charge in [0, 0.05) is 35.9 Å². The number of hydrogen-bond acceptors (Lipinski definition) is 6. The molecule has 0 unspecified atom stereocenters. The number of nitrogens with zero attached hydrogens (tertiary/aromatic N) is 6. The molecule has 4 aromatic heterocycles. The molecule has 8 nitrogen and oxygen atoms in total. The fraction of sp³-hybridized carbons (Fsp3) is 0.263. The number of pyridine rings is 1. The van der Waals surface area contributed by atoms with Gasteiger partial charge in [-0.3, -0.25) is 4.40 Å². The highest BCUT2D eigenvalue weighted by Gasteiger charge is 2.38. The summed E-state index contributed by atoms with van der Waals surface area (Å²) in [6, 6.07) is 1.84. The van der Waals surface area contributed by atoms with Crippen LogP contribution in [0.5, 0.6) is 0 Å². The van der Waals surface area contributed by atoms with Crippen LogP contribution in [0.15, 0.2) is 41.8 Å². The molecule has 34 heavy (non-hydrogen) atoms. The number of rotatable bonds is 4. The Labute approximate surface area is 187 Å². The average molecular weight is 504 g/mol. The molecular formula is C19H14F6N6O2S. The summed E-state index contributed by atoms with van der Waals surface area (Å²) in [5.74, 6) is -1.24. The Morgan fingerprint density at radius 2 is 1.62 bits per heavy atom. The molecule has 0 atom stereocenters. The van der Waals surface area contributed by atoms with Crippen LogP contribution in [0.3, 0.4) is 0 Å². The third-order valence-corrected chi connectivity index (χ3v) is 6.54. The molecular weight excluding hydrogens is 490 g/mol. The predicted octanol–water partition coefficient (Wildman–Crippen LogP) is 4.12. The van der Waals surface area contributed by atoms with Crippen LogP contribution in [-0.2, 0) is 22.2 Å². The molecule has 0 amide bonds. The maximum Gasteiger partial charge on any atom is 0.434 e. The smallest absolute Gasteiger partial charge is 0.290 e. The largest absolute Gasteiger partial charge is 0.434 e. The first kappa shape index (κ1) is 23.7. The van der Waals surface area contributed by atoms with Gasteiger partial charge in [-0.05, 0) is 19.1 Å². The van der Waals surface area contributed by atoms with Crippen molar-refractivity contribution in [1.29, 1.82) is 0 Å². The number of aryl methyl sites for hydroxylation is 1. The van der Waals surface area contributed by atoms with Crippen molar-refractivity contribution in [2.24, 2.45) is 0 Å². The lowest BCUT2D eigenvalue weighted by Crippen LogP contribution is -2.18. The van der Waals surface area contributed by atoms with Crippen molar-refractivity contribution in [2.75, 3.05) is 5.75 Å². The maximum atomic E-state index is 13.5. The van der Waals surface area contributed by atoms with E-state index < -0.39 is 50.0 Å². The van der Waals surface area contributed by atoms with Gasteiger partial charge in [-0.1, -0.05) is 6.92 Å². The molecule has 0 bridgehead atoms. The predicted molar refractivity (Wildman–Crippen MR) is 106 cm³/mol. The maximum absolute atomic E-state index is 13.5. The summed E-state index contributed by atoms with van der Waals surface area (Å²) < 4.78 is 106. The normalized spacial score (nSPS) is 13.1. The van der Waals surface area contributed by atoms with Gasteiger partial charge in [0.05, 0.1) is 11.4 Å². The van der Waals surface area contributed by atoms with Crippen molar-refractivity contribution in [3.8, 4) is 16.9 Å². The van der Waals surface area contributed by atoms with Crippen LogP contribution in [0.25, 0.3) is 22.7 Å². The zero-order valence-corrected chi connectivity index (χ0v) is 18.2. The summed E-state index contributed by atoms with van der Waals surface area (Å²) in [5, 5.41) is 3.76. The fourth-order valence-electron chi connectivity index (χ4n) is 3.17. The lowest BCUT2D eigenvalue weighted by atomic mass is 10.1. The molecule has 0 aromatic carbocycles. The number of imidazole rings is 1. The molecule has 0 aliphatic heterocycles. The molecule has 0 aliphatic carbocycles. The van der Waals surface area contributed by atoms with Gasteiger partial charge in [-0.2, -0.15) is 31.4 Å². The van der Waals surface area contributed by atoms with Gasteiger partial charge in [-0.15, -0.1) is 0 Å². The third kappa shape index (κ3) is 4.22. The van der Waals surface area contributed by atoms with E-state index in [0.29, 0.717) is 10.9 Å². The Morgan fingerprint density at radius 3 is 2.24 bits per heavy atom. The quantitative estimate of drug-likeness (QED) is 0.388. The topological polar surface area (TPSA) is 95.0 Å². The van der Waals surface area contributed by atoms with Crippen molar-refractivity contribution in [3.05, 3.63) is 54.0 Å². The number of halogens is 6. The van der Waals surface area contributed by atoms with Crippen molar-refractivity contribution < 1.29 is 34.8 Å². The van der Waals surface area contributed by atoms with Gasteiger partial charge in [0.15, 0.2) is 21.3 Å². The van der Waals surface area contributed by atoms with Crippen LogP contribution in [0.2, 0.25) is 0 Å². The van der Waals surface area contributed by atoms with E-state index in [4.69, 9.17) is 0 Å². The lowest BCUT2D eigenvalue weighted by molar-refractivity contribution is -0.143. The molecule has 0 saturated heterocycles. The van der Waals surface area contributed by atoms with Crippen LogP contribution in [0.4, 0.5) is 26.3 Å². The number of hydrogen-bond donors (Lipinski definition) is 0. The zero-order valence-electron chi connectivity index (χ0n) is 17.3. The van der Waals surface area contributed by atoms with E-state index in [2.05, 4.69) is 20.1 Å². The van der Waals surface area contributed by atoms with E-state index in [1.165, 1.54) is 20.0 Å². The van der Waals surface area contributed by atoms with Crippen LogP contribution >= 0.6 is 0 Å². The molecule has 4 rings (SSSR count). The standard InChI is InChI=1S/C19H14F6N6O2S/c1-3-34(32,33)13-5-11(6-26-16(13)31-15(19(23,24)25)4-10(2)29-31)12-7-27-17-28-14(18(20,21)22)9-30(17)8-12/h4-9H,3H2,1-2H3. The highest BCUT2D eigenvalue weighted by Crippen LogP contribution is 2.34. The number of fused-ring (bicyclic) bond motifs is 1. The molecule has 4 aromatic rings. The van der Waals surface area contributed by atoms with E-state index in [1.54, 1.807) is 0 Å². The summed E-state index contributed by atoms with van der Waals surface area (Å²) >= 11 is 0. The van der Waals surface area contributed by atoms with Crippen LogP contribution in [0, 0.1) is 6.92 Å². The Kier molecular flexibility index (Phi) is 5.42. The lowest BCUT2D eigenvalue weighted by Gasteiger charge is -2.14. The zero-order chi connectivity index (χ0) is 25.1. The highest BCUT2D eigenvalue weighted by molar-refractivity contribution is 7.91. The minimum absolute atomic E-state index is 0.00623. The number of aromatic nitrogens is 6.